The normalized spacial score (nSPS) is 21.9. The number of nitrogens with zero attached hydrogens (tertiary/aromatic N) is 2. The van der Waals surface area contributed by atoms with Gasteiger partial charge in [0.05, 0.1) is 17.9 Å². The van der Waals surface area contributed by atoms with Gasteiger partial charge in [-0.3, -0.25) is 4.79 Å². The lowest BCUT2D eigenvalue weighted by molar-refractivity contribution is -0.137. The van der Waals surface area contributed by atoms with E-state index in [9.17, 15) is 9.59 Å². The maximum Gasteiger partial charge on any atom is 0.338 e. The summed E-state index contributed by atoms with van der Waals surface area (Å²) in [4.78, 5) is 32.7. The first kappa shape index (κ1) is 24.7. The number of ether oxygens (including phenoxy) is 1. The lowest BCUT2D eigenvalue weighted by atomic mass is 9.94. The van der Waals surface area contributed by atoms with Gasteiger partial charge in [0.15, 0.2) is 6.61 Å². The van der Waals surface area contributed by atoms with Gasteiger partial charge in [-0.15, -0.1) is 0 Å². The molecule has 0 aromatic heterocycles. The summed E-state index contributed by atoms with van der Waals surface area (Å²) >= 11 is 0. The molecule has 1 aromatic carbocycles. The van der Waals surface area contributed by atoms with Crippen LogP contribution in [-0.4, -0.2) is 48.8 Å². The topological polar surface area (TPSA) is 68.2 Å². The van der Waals surface area contributed by atoms with E-state index >= 15 is 0 Å². The number of cyclic esters (lactones) is 1. The Morgan fingerprint density at radius 3 is 2.64 bits per heavy atom. The minimum absolute atomic E-state index is 0.0264. The van der Waals surface area contributed by atoms with E-state index in [0.717, 1.165) is 55.5 Å². The van der Waals surface area contributed by atoms with Crippen LogP contribution >= 0.6 is 0 Å². The molecule has 1 fully saturated rings. The third kappa shape index (κ3) is 7.58. The van der Waals surface area contributed by atoms with Crippen LogP contribution in [0.3, 0.4) is 0 Å². The highest BCUT2D eigenvalue weighted by atomic mass is 16.6. The fraction of sp³-hybridized carbons (Fsp3) is 0.519. The molecule has 0 atom stereocenters. The van der Waals surface area contributed by atoms with Crippen molar-refractivity contribution in [1.82, 2.24) is 4.90 Å². The van der Waals surface area contributed by atoms with Crippen LogP contribution in [-0.2, 0) is 20.8 Å². The largest absolute Gasteiger partial charge is 0.462 e. The monoisotopic (exact) mass is 452 g/mol. The number of hydrogen-bond donors (Lipinski definition) is 0. The van der Waals surface area contributed by atoms with Crippen LogP contribution in [0.15, 0.2) is 41.1 Å². The number of allylic oxidation sites excluding steroid dienone is 3. The number of hydrogen-bond acceptors (Lipinski definition) is 5. The first-order chi connectivity index (χ1) is 15.9. The van der Waals surface area contributed by atoms with E-state index in [1.807, 2.05) is 37.0 Å². The summed E-state index contributed by atoms with van der Waals surface area (Å²) in [6.07, 6.45) is 12.4. The zero-order chi connectivity index (χ0) is 23.6. The van der Waals surface area contributed by atoms with Crippen LogP contribution in [0, 0.1) is 13.8 Å². The number of esters is 1. The highest BCUT2D eigenvalue weighted by molar-refractivity contribution is 6.00. The number of rotatable bonds is 3. The van der Waals surface area contributed by atoms with Gasteiger partial charge in [0.25, 0.3) is 5.91 Å². The fourth-order valence-electron chi connectivity index (χ4n) is 4.39. The molecule has 0 saturated carbocycles. The van der Waals surface area contributed by atoms with Gasteiger partial charge in [-0.2, -0.15) is 0 Å². The second-order valence-electron chi connectivity index (χ2n) is 9.02. The van der Waals surface area contributed by atoms with Gasteiger partial charge in [-0.1, -0.05) is 40.6 Å². The molecule has 6 heteroatoms. The summed E-state index contributed by atoms with van der Waals surface area (Å²) < 4.78 is 5.54. The van der Waals surface area contributed by atoms with Crippen LogP contribution in [0.5, 0.6) is 0 Å². The summed E-state index contributed by atoms with van der Waals surface area (Å²) in [5.74, 6) is -0.337. The van der Waals surface area contributed by atoms with Crippen molar-refractivity contribution in [2.24, 2.45) is 5.16 Å². The molecular formula is C27H36N2O4. The third-order valence-electron chi connectivity index (χ3n) is 6.02. The second kappa shape index (κ2) is 12.4. The van der Waals surface area contributed by atoms with Gasteiger partial charge < -0.3 is 14.5 Å². The predicted molar refractivity (Wildman–Crippen MR) is 130 cm³/mol. The Balaban J connectivity index is 1.85. The highest BCUT2D eigenvalue weighted by Gasteiger charge is 2.19. The Labute approximate surface area is 197 Å². The molecule has 0 unspecified atom stereocenters. The Morgan fingerprint density at radius 2 is 1.85 bits per heavy atom. The molecule has 2 aliphatic heterocycles. The Kier molecular flexibility index (Phi) is 9.28. The van der Waals surface area contributed by atoms with E-state index in [2.05, 4.69) is 24.2 Å². The van der Waals surface area contributed by atoms with E-state index < -0.39 is 0 Å². The Bertz CT molecular complexity index is 940. The van der Waals surface area contributed by atoms with Crippen LogP contribution in [0.4, 0.5) is 0 Å². The summed E-state index contributed by atoms with van der Waals surface area (Å²) in [5, 5.41) is 4.34. The van der Waals surface area contributed by atoms with Crippen LogP contribution in [0.2, 0.25) is 0 Å². The van der Waals surface area contributed by atoms with E-state index in [1.165, 1.54) is 12.0 Å². The molecule has 0 bridgehead atoms. The van der Waals surface area contributed by atoms with Gasteiger partial charge in [0.1, 0.15) is 0 Å². The minimum atomic E-state index is -0.311. The van der Waals surface area contributed by atoms with Crippen molar-refractivity contribution in [3.8, 4) is 0 Å². The van der Waals surface area contributed by atoms with Crippen molar-refractivity contribution in [3.05, 3.63) is 58.2 Å². The Morgan fingerprint density at radius 1 is 1.09 bits per heavy atom. The molecule has 2 heterocycles. The van der Waals surface area contributed by atoms with Crippen LogP contribution in [0.25, 0.3) is 0 Å². The molecule has 1 aromatic rings. The first-order valence-electron chi connectivity index (χ1n) is 12.0. The predicted octanol–water partition coefficient (Wildman–Crippen LogP) is 5.07. The first-order valence-corrected chi connectivity index (χ1v) is 12.0. The molecule has 178 valence electrons. The van der Waals surface area contributed by atoms with Crippen molar-refractivity contribution in [2.75, 3.05) is 26.3 Å². The van der Waals surface area contributed by atoms with Crippen LogP contribution in [0.1, 0.15) is 72.5 Å². The number of likely N-dealkylation sites (tertiary alicyclic amines) is 1. The fourth-order valence-corrected chi connectivity index (χ4v) is 4.39. The lowest BCUT2D eigenvalue weighted by Gasteiger charge is -2.26. The average molecular weight is 453 g/mol. The lowest BCUT2D eigenvalue weighted by Crippen LogP contribution is -2.37. The third-order valence-corrected chi connectivity index (χ3v) is 6.02. The number of carbonyl (C=O) groups excluding carboxylic acids is 2. The van der Waals surface area contributed by atoms with E-state index in [-0.39, 0.29) is 18.5 Å². The SMILES string of the molecule is C/C1=C\C(=N/OCC(=O)N2CCCCC2)Cc2cc(C)cc(C)c2C(=O)OCC/C=C/CC1. The quantitative estimate of drug-likeness (QED) is 0.365. The summed E-state index contributed by atoms with van der Waals surface area (Å²) in [6.45, 7) is 7.89. The average Bonchev–Trinajstić information content (AvgIpc) is 2.77. The van der Waals surface area contributed by atoms with E-state index in [0.29, 0.717) is 30.7 Å². The molecule has 0 N–H and O–H groups in total. The summed E-state index contributed by atoms with van der Waals surface area (Å²) in [7, 11) is 0. The Hall–Kier alpha value is -2.89. The number of piperidine rings is 1. The zero-order valence-electron chi connectivity index (χ0n) is 20.2. The maximum atomic E-state index is 12.9. The van der Waals surface area contributed by atoms with Gasteiger partial charge in [0, 0.05) is 19.5 Å². The molecule has 2 aliphatic rings. The van der Waals surface area contributed by atoms with E-state index in [4.69, 9.17) is 9.57 Å². The molecule has 1 saturated heterocycles. The molecule has 0 radical (unpaired) electrons. The standard InChI is InChI=1S/C27H36N2O4/c1-20-11-7-4-5-10-14-32-27(31)26-22(3)15-21(2)16-23(26)18-24(17-20)28-33-19-25(30)29-12-8-6-9-13-29/h4-5,15-17H,6-14,18-19H2,1-3H3/b5-4+,20-17+,28-24+. The number of fused-ring (bicyclic) bond motifs is 1. The number of carbonyl (C=O) groups is 2. The molecule has 1 amide bonds. The molecule has 0 aliphatic carbocycles. The van der Waals surface area contributed by atoms with Crippen molar-refractivity contribution >= 4 is 17.6 Å². The number of amides is 1. The van der Waals surface area contributed by atoms with Gasteiger partial charge >= 0.3 is 5.97 Å². The molecular weight excluding hydrogens is 416 g/mol. The molecule has 33 heavy (non-hydrogen) atoms. The number of benzene rings is 1. The molecule has 6 nitrogen and oxygen atoms in total. The van der Waals surface area contributed by atoms with Gasteiger partial charge in [-0.05, 0) is 76.5 Å². The summed E-state index contributed by atoms with van der Waals surface area (Å²) in [5.41, 5.74) is 5.28. The van der Waals surface area contributed by atoms with E-state index in [1.54, 1.807) is 0 Å². The number of aryl methyl sites for hydroxylation is 2. The molecule has 0 spiro atoms. The zero-order valence-corrected chi connectivity index (χ0v) is 20.2. The smallest absolute Gasteiger partial charge is 0.338 e. The second-order valence-corrected chi connectivity index (χ2v) is 9.02. The highest BCUT2D eigenvalue weighted by Crippen LogP contribution is 2.21. The van der Waals surface area contributed by atoms with Crippen molar-refractivity contribution in [2.45, 2.75) is 65.7 Å². The minimum Gasteiger partial charge on any atom is -0.462 e. The number of oxime groups is 1. The van der Waals surface area contributed by atoms with Crippen LogP contribution < -0.4 is 0 Å². The van der Waals surface area contributed by atoms with Crippen molar-refractivity contribution in [3.63, 3.8) is 0 Å². The molecule has 3 rings (SSSR count). The maximum absolute atomic E-state index is 12.9. The van der Waals surface area contributed by atoms with Crippen molar-refractivity contribution in [1.29, 1.82) is 0 Å². The van der Waals surface area contributed by atoms with Crippen molar-refractivity contribution < 1.29 is 19.2 Å². The summed E-state index contributed by atoms with van der Waals surface area (Å²) in [6, 6.07) is 4.00. The van der Waals surface area contributed by atoms with Gasteiger partial charge in [0.2, 0.25) is 0 Å². The van der Waals surface area contributed by atoms with Gasteiger partial charge in [-0.25, -0.2) is 4.79 Å².